The van der Waals surface area contributed by atoms with Gasteiger partial charge < -0.3 is 5.32 Å². The minimum Gasteiger partial charge on any atom is -0.314 e. The van der Waals surface area contributed by atoms with E-state index in [0.29, 0.717) is 6.04 Å². The fourth-order valence-electron chi connectivity index (χ4n) is 3.63. The van der Waals surface area contributed by atoms with E-state index in [9.17, 15) is 4.79 Å². The number of rotatable bonds is 6. The zero-order chi connectivity index (χ0) is 15.9. The van der Waals surface area contributed by atoms with Gasteiger partial charge in [-0.05, 0) is 56.3 Å². The van der Waals surface area contributed by atoms with E-state index in [1.54, 1.807) is 0 Å². The maximum absolute atomic E-state index is 12.3. The molecule has 2 aliphatic rings. The fraction of sp³-hybridized carbons (Fsp3) is 0.632. The van der Waals surface area contributed by atoms with Crippen molar-refractivity contribution in [3.05, 3.63) is 35.4 Å². The molecule has 0 unspecified atom stereocenters. The van der Waals surface area contributed by atoms with Crippen molar-refractivity contribution in [2.24, 2.45) is 0 Å². The SMILES string of the molecule is O=C(NN1CCCC1)c1cccc(CCNC2CCCCC2)c1. The van der Waals surface area contributed by atoms with Gasteiger partial charge >= 0.3 is 0 Å². The molecule has 1 saturated heterocycles. The van der Waals surface area contributed by atoms with Crippen molar-refractivity contribution >= 4 is 5.91 Å². The maximum Gasteiger partial charge on any atom is 0.265 e. The molecule has 4 heteroatoms. The summed E-state index contributed by atoms with van der Waals surface area (Å²) in [5.74, 6) is 0.0222. The molecule has 0 aromatic heterocycles. The van der Waals surface area contributed by atoms with Crippen LogP contribution in [0.5, 0.6) is 0 Å². The second kappa shape index (κ2) is 8.46. The first-order chi connectivity index (χ1) is 11.3. The molecule has 1 aromatic carbocycles. The van der Waals surface area contributed by atoms with Gasteiger partial charge in [-0.3, -0.25) is 10.2 Å². The molecule has 2 N–H and O–H groups in total. The van der Waals surface area contributed by atoms with Crippen molar-refractivity contribution in [2.45, 2.75) is 57.4 Å². The topological polar surface area (TPSA) is 44.4 Å². The second-order valence-corrected chi connectivity index (χ2v) is 6.87. The van der Waals surface area contributed by atoms with Crippen molar-refractivity contribution in [1.82, 2.24) is 15.8 Å². The fourth-order valence-corrected chi connectivity index (χ4v) is 3.63. The first kappa shape index (κ1) is 16.5. The van der Waals surface area contributed by atoms with Crippen LogP contribution < -0.4 is 10.7 Å². The number of carbonyl (C=O) groups is 1. The molecule has 1 heterocycles. The average Bonchev–Trinajstić information content (AvgIpc) is 3.09. The Morgan fingerprint density at radius 2 is 1.87 bits per heavy atom. The van der Waals surface area contributed by atoms with E-state index in [4.69, 9.17) is 0 Å². The van der Waals surface area contributed by atoms with Crippen LogP contribution in [0.25, 0.3) is 0 Å². The molecule has 0 spiro atoms. The smallest absolute Gasteiger partial charge is 0.265 e. The van der Waals surface area contributed by atoms with Crippen molar-refractivity contribution in [1.29, 1.82) is 0 Å². The highest BCUT2D eigenvalue weighted by Crippen LogP contribution is 2.17. The van der Waals surface area contributed by atoms with Gasteiger partial charge in [-0.25, -0.2) is 5.01 Å². The Bertz CT molecular complexity index is 505. The molecular weight excluding hydrogens is 286 g/mol. The van der Waals surface area contributed by atoms with Crippen LogP contribution in [0.15, 0.2) is 24.3 Å². The number of benzene rings is 1. The monoisotopic (exact) mass is 315 g/mol. The summed E-state index contributed by atoms with van der Waals surface area (Å²) in [6.07, 6.45) is 10.1. The Kier molecular flexibility index (Phi) is 6.06. The van der Waals surface area contributed by atoms with E-state index in [1.165, 1.54) is 50.5 Å². The van der Waals surface area contributed by atoms with Gasteiger partial charge in [0.2, 0.25) is 0 Å². The van der Waals surface area contributed by atoms with Gasteiger partial charge in [0.1, 0.15) is 0 Å². The van der Waals surface area contributed by atoms with Gasteiger partial charge in [0.05, 0.1) is 0 Å². The van der Waals surface area contributed by atoms with Gasteiger partial charge in [-0.15, -0.1) is 0 Å². The third-order valence-corrected chi connectivity index (χ3v) is 5.01. The predicted octanol–water partition coefficient (Wildman–Crippen LogP) is 2.89. The molecule has 1 amide bonds. The molecule has 2 fully saturated rings. The summed E-state index contributed by atoms with van der Waals surface area (Å²) in [6.45, 7) is 2.94. The molecule has 0 atom stereocenters. The van der Waals surface area contributed by atoms with Crippen molar-refractivity contribution in [2.75, 3.05) is 19.6 Å². The molecule has 1 aromatic rings. The molecule has 4 nitrogen and oxygen atoms in total. The van der Waals surface area contributed by atoms with Gasteiger partial charge in [0.15, 0.2) is 0 Å². The normalized spacial score (nSPS) is 19.8. The van der Waals surface area contributed by atoms with Crippen LogP contribution in [0.1, 0.15) is 60.9 Å². The largest absolute Gasteiger partial charge is 0.314 e. The van der Waals surface area contributed by atoms with Crippen molar-refractivity contribution in [3.8, 4) is 0 Å². The number of hydrogen-bond acceptors (Lipinski definition) is 3. The number of carbonyl (C=O) groups excluding carboxylic acids is 1. The summed E-state index contributed by atoms with van der Waals surface area (Å²) in [6, 6.07) is 8.76. The lowest BCUT2D eigenvalue weighted by Gasteiger charge is -2.22. The number of hydrazine groups is 1. The average molecular weight is 315 g/mol. The lowest BCUT2D eigenvalue weighted by molar-refractivity contribution is 0.0825. The van der Waals surface area contributed by atoms with E-state index >= 15 is 0 Å². The van der Waals surface area contributed by atoms with Gasteiger partial charge in [0, 0.05) is 24.7 Å². The third kappa shape index (κ3) is 5.05. The highest BCUT2D eigenvalue weighted by molar-refractivity contribution is 5.94. The van der Waals surface area contributed by atoms with Crippen molar-refractivity contribution in [3.63, 3.8) is 0 Å². The van der Waals surface area contributed by atoms with Crippen LogP contribution in [0, 0.1) is 0 Å². The standard InChI is InChI=1S/C19H29N3O/c23-19(21-22-13-4-5-14-22)17-8-6-7-16(15-17)11-12-20-18-9-2-1-3-10-18/h6-8,15,18,20H,1-5,9-14H2,(H,21,23). The molecule has 126 valence electrons. The Labute approximate surface area is 139 Å². The molecule has 3 rings (SSSR count). The summed E-state index contributed by atoms with van der Waals surface area (Å²) in [7, 11) is 0. The summed E-state index contributed by atoms with van der Waals surface area (Å²) in [5.41, 5.74) is 5.02. The zero-order valence-corrected chi connectivity index (χ0v) is 14.0. The predicted molar refractivity (Wildman–Crippen MR) is 93.3 cm³/mol. The summed E-state index contributed by atoms with van der Waals surface area (Å²) in [4.78, 5) is 12.3. The molecule has 0 bridgehead atoms. The molecule has 0 radical (unpaired) electrons. The Morgan fingerprint density at radius 1 is 1.09 bits per heavy atom. The van der Waals surface area contributed by atoms with Crippen LogP contribution in [-0.2, 0) is 6.42 Å². The van der Waals surface area contributed by atoms with Gasteiger partial charge in [0.25, 0.3) is 5.91 Å². The highest BCUT2D eigenvalue weighted by atomic mass is 16.2. The van der Waals surface area contributed by atoms with Crippen LogP contribution >= 0.6 is 0 Å². The molecule has 1 saturated carbocycles. The van der Waals surface area contributed by atoms with Gasteiger partial charge in [-0.1, -0.05) is 31.4 Å². The zero-order valence-electron chi connectivity index (χ0n) is 14.0. The summed E-state index contributed by atoms with van der Waals surface area (Å²) < 4.78 is 0. The van der Waals surface area contributed by atoms with E-state index in [0.717, 1.165) is 31.6 Å². The van der Waals surface area contributed by atoms with E-state index in [2.05, 4.69) is 16.8 Å². The molecule has 1 aliphatic carbocycles. The lowest BCUT2D eigenvalue weighted by Crippen LogP contribution is -2.40. The Balaban J connectivity index is 1.47. The maximum atomic E-state index is 12.3. The van der Waals surface area contributed by atoms with Crippen LogP contribution in [0.2, 0.25) is 0 Å². The molecular formula is C19H29N3O. The number of hydrogen-bond donors (Lipinski definition) is 2. The Hall–Kier alpha value is -1.39. The van der Waals surface area contributed by atoms with Crippen LogP contribution in [0.3, 0.4) is 0 Å². The van der Waals surface area contributed by atoms with E-state index in [1.807, 2.05) is 23.2 Å². The number of nitrogens with zero attached hydrogens (tertiary/aromatic N) is 1. The van der Waals surface area contributed by atoms with E-state index in [-0.39, 0.29) is 5.91 Å². The minimum atomic E-state index is 0.0222. The first-order valence-electron chi connectivity index (χ1n) is 9.19. The highest BCUT2D eigenvalue weighted by Gasteiger charge is 2.15. The Morgan fingerprint density at radius 3 is 2.65 bits per heavy atom. The third-order valence-electron chi connectivity index (χ3n) is 5.01. The number of amides is 1. The second-order valence-electron chi connectivity index (χ2n) is 6.87. The van der Waals surface area contributed by atoms with Crippen LogP contribution in [-0.4, -0.2) is 36.6 Å². The lowest BCUT2D eigenvalue weighted by atomic mass is 9.95. The minimum absolute atomic E-state index is 0.0222. The molecule has 23 heavy (non-hydrogen) atoms. The summed E-state index contributed by atoms with van der Waals surface area (Å²) >= 11 is 0. The van der Waals surface area contributed by atoms with Crippen LogP contribution in [0.4, 0.5) is 0 Å². The summed E-state index contributed by atoms with van der Waals surface area (Å²) in [5, 5.41) is 5.70. The first-order valence-corrected chi connectivity index (χ1v) is 9.19. The number of nitrogens with one attached hydrogen (secondary N) is 2. The molecule has 1 aliphatic heterocycles. The van der Waals surface area contributed by atoms with E-state index < -0.39 is 0 Å². The quantitative estimate of drug-likeness (QED) is 0.848. The van der Waals surface area contributed by atoms with Gasteiger partial charge in [-0.2, -0.15) is 0 Å². The van der Waals surface area contributed by atoms with Crippen molar-refractivity contribution < 1.29 is 4.79 Å².